The van der Waals surface area contributed by atoms with Crippen LogP contribution < -0.4 is 32.1 Å². The summed E-state index contributed by atoms with van der Waals surface area (Å²) >= 11 is 0. The Morgan fingerprint density at radius 1 is 0.697 bits per heavy atom. The van der Waals surface area contributed by atoms with Crippen LogP contribution in [-0.2, 0) is 38.3 Å². The number of hydrogen-bond acceptors (Lipinski definition) is 9. The van der Waals surface area contributed by atoms with E-state index in [1.54, 1.807) is 0 Å². The van der Waals surface area contributed by atoms with Crippen LogP contribution in [0.15, 0.2) is 0 Å². The van der Waals surface area contributed by atoms with E-state index >= 15 is 0 Å². The Morgan fingerprint density at radius 2 is 1.21 bits per heavy atom. The smallest absolute Gasteiger partial charge is 0.329 e. The van der Waals surface area contributed by atoms with E-state index in [9.17, 15) is 28.8 Å². The molecule has 0 aromatic rings. The molecule has 3 unspecified atom stereocenters. The summed E-state index contributed by atoms with van der Waals surface area (Å²) in [5.74, 6) is -4.11. The molecule has 5 amide bonds. The van der Waals surface area contributed by atoms with Crippen LogP contribution in [0.1, 0.15) is 20.8 Å². The standard InChI is InChI=1S/C18H32N6O9/c1-10(16(29)21-6-5-20-13(25)8-33-19-4)23-18(31)12(3)24-17(30)11(2)22-14(26)7-32-9-15(27)28/h10-12,19H,5-9H2,1-4H3,(H,20,25)(H,21,29)(H,22,26)(H,23,31)(H,24,30)(H,27,28). The molecule has 0 spiro atoms. The summed E-state index contributed by atoms with van der Waals surface area (Å²) in [6, 6.07) is -2.94. The molecular formula is C18H32N6O9. The van der Waals surface area contributed by atoms with Crippen LogP contribution >= 0.6 is 0 Å². The molecule has 188 valence electrons. The van der Waals surface area contributed by atoms with Gasteiger partial charge in [-0.15, -0.1) is 0 Å². The number of aliphatic carboxylic acids is 1. The Bertz CT molecular complexity index is 703. The van der Waals surface area contributed by atoms with Gasteiger partial charge in [0.25, 0.3) is 0 Å². The minimum Gasteiger partial charge on any atom is -0.480 e. The Kier molecular flexibility index (Phi) is 14.7. The SMILES string of the molecule is CNOCC(=O)NCCNC(=O)C(C)NC(=O)C(C)NC(=O)C(C)NC(=O)COCC(=O)O. The highest BCUT2D eigenvalue weighted by atomic mass is 16.6. The second-order valence-electron chi connectivity index (χ2n) is 6.77. The molecule has 0 fully saturated rings. The van der Waals surface area contributed by atoms with E-state index in [4.69, 9.17) is 5.11 Å². The summed E-state index contributed by atoms with van der Waals surface area (Å²) in [7, 11) is 1.51. The summed E-state index contributed by atoms with van der Waals surface area (Å²) in [6.07, 6.45) is 0. The third-order valence-electron chi connectivity index (χ3n) is 3.83. The van der Waals surface area contributed by atoms with E-state index in [0.717, 1.165) is 0 Å². The van der Waals surface area contributed by atoms with Gasteiger partial charge in [-0.05, 0) is 20.8 Å². The quantitative estimate of drug-likeness (QED) is 0.0846. The average Bonchev–Trinajstić information content (AvgIpc) is 2.74. The summed E-state index contributed by atoms with van der Waals surface area (Å²) in [5.41, 5.74) is 2.35. The third kappa shape index (κ3) is 14.4. The lowest BCUT2D eigenvalue weighted by atomic mass is 10.2. The fourth-order valence-corrected chi connectivity index (χ4v) is 2.12. The molecule has 3 atom stereocenters. The van der Waals surface area contributed by atoms with Gasteiger partial charge in [-0.3, -0.25) is 28.8 Å². The number of hydrogen-bond donors (Lipinski definition) is 7. The van der Waals surface area contributed by atoms with Crippen molar-refractivity contribution in [2.45, 2.75) is 38.9 Å². The predicted octanol–water partition coefficient (Wildman–Crippen LogP) is -4.01. The van der Waals surface area contributed by atoms with Crippen molar-refractivity contribution in [2.75, 3.05) is 40.0 Å². The third-order valence-corrected chi connectivity index (χ3v) is 3.83. The first-order valence-electron chi connectivity index (χ1n) is 10.0. The number of carbonyl (C=O) groups is 6. The van der Waals surface area contributed by atoms with Crippen LogP contribution in [-0.4, -0.2) is 98.7 Å². The van der Waals surface area contributed by atoms with E-state index in [2.05, 4.69) is 41.6 Å². The lowest BCUT2D eigenvalue weighted by Crippen LogP contribution is -2.55. The van der Waals surface area contributed by atoms with Gasteiger partial charge in [-0.2, -0.15) is 0 Å². The van der Waals surface area contributed by atoms with Crippen LogP contribution in [0.2, 0.25) is 0 Å². The zero-order valence-corrected chi connectivity index (χ0v) is 19.0. The summed E-state index contributed by atoms with van der Waals surface area (Å²) in [5, 5.41) is 20.6. The molecule has 0 aliphatic carbocycles. The second kappa shape index (κ2) is 16.3. The van der Waals surface area contributed by atoms with Gasteiger partial charge in [0.2, 0.25) is 29.5 Å². The molecule has 0 saturated heterocycles. The maximum absolute atomic E-state index is 12.2. The number of carbonyl (C=O) groups excluding carboxylic acids is 5. The van der Waals surface area contributed by atoms with Gasteiger partial charge >= 0.3 is 5.97 Å². The van der Waals surface area contributed by atoms with E-state index in [0.29, 0.717) is 0 Å². The van der Waals surface area contributed by atoms with Crippen molar-refractivity contribution in [3.8, 4) is 0 Å². The molecule has 7 N–H and O–H groups in total. The van der Waals surface area contributed by atoms with E-state index in [1.165, 1.54) is 27.8 Å². The van der Waals surface area contributed by atoms with Crippen molar-refractivity contribution in [2.24, 2.45) is 0 Å². The highest BCUT2D eigenvalue weighted by Crippen LogP contribution is 1.91. The molecule has 15 heteroatoms. The first-order valence-corrected chi connectivity index (χ1v) is 10.0. The number of amides is 5. The molecule has 15 nitrogen and oxygen atoms in total. The van der Waals surface area contributed by atoms with Gasteiger partial charge in [-0.25, -0.2) is 10.3 Å². The molecule has 0 aromatic heterocycles. The highest BCUT2D eigenvalue weighted by Gasteiger charge is 2.23. The number of carboxylic acid groups (broad SMARTS) is 1. The second-order valence-corrected chi connectivity index (χ2v) is 6.77. The largest absolute Gasteiger partial charge is 0.480 e. The first kappa shape index (κ1) is 29.7. The molecule has 0 aliphatic rings. The Labute approximate surface area is 190 Å². The molecule has 0 radical (unpaired) electrons. The van der Waals surface area contributed by atoms with Gasteiger partial charge < -0.3 is 36.4 Å². The van der Waals surface area contributed by atoms with Crippen LogP contribution in [0.3, 0.4) is 0 Å². The van der Waals surface area contributed by atoms with Gasteiger partial charge in [0.1, 0.15) is 37.9 Å². The average molecular weight is 476 g/mol. The fraction of sp³-hybridized carbons (Fsp3) is 0.667. The Morgan fingerprint density at radius 3 is 1.76 bits per heavy atom. The highest BCUT2D eigenvalue weighted by molar-refractivity contribution is 5.93. The predicted molar refractivity (Wildman–Crippen MR) is 112 cm³/mol. The molecular weight excluding hydrogens is 444 g/mol. The minimum absolute atomic E-state index is 0.129. The summed E-state index contributed by atoms with van der Waals surface area (Å²) < 4.78 is 4.61. The van der Waals surface area contributed by atoms with Crippen molar-refractivity contribution in [3.63, 3.8) is 0 Å². The van der Waals surface area contributed by atoms with Crippen molar-refractivity contribution >= 4 is 35.5 Å². The maximum atomic E-state index is 12.2. The van der Waals surface area contributed by atoms with Crippen molar-refractivity contribution in [3.05, 3.63) is 0 Å². The molecule has 0 rings (SSSR count). The van der Waals surface area contributed by atoms with Crippen LogP contribution in [0, 0.1) is 0 Å². The molecule has 0 aromatic carbocycles. The van der Waals surface area contributed by atoms with E-state index < -0.39 is 60.9 Å². The minimum atomic E-state index is -1.24. The van der Waals surface area contributed by atoms with Crippen LogP contribution in [0.25, 0.3) is 0 Å². The number of ether oxygens (including phenoxy) is 1. The zero-order valence-electron chi connectivity index (χ0n) is 19.0. The van der Waals surface area contributed by atoms with Crippen molar-refractivity contribution in [1.29, 1.82) is 0 Å². The maximum Gasteiger partial charge on any atom is 0.329 e. The fourth-order valence-electron chi connectivity index (χ4n) is 2.12. The molecule has 0 saturated carbocycles. The molecule has 33 heavy (non-hydrogen) atoms. The zero-order chi connectivity index (χ0) is 25.4. The first-order chi connectivity index (χ1) is 15.5. The molecule has 0 aliphatic heterocycles. The van der Waals surface area contributed by atoms with E-state index in [1.807, 2.05) is 0 Å². The number of rotatable bonds is 16. The van der Waals surface area contributed by atoms with Gasteiger partial charge in [0.05, 0.1) is 0 Å². The van der Waals surface area contributed by atoms with Crippen molar-refractivity contribution in [1.82, 2.24) is 32.1 Å². The Balaban J connectivity index is 4.27. The van der Waals surface area contributed by atoms with Gasteiger partial charge in [0.15, 0.2) is 0 Å². The monoisotopic (exact) mass is 476 g/mol. The summed E-state index contributed by atoms with van der Waals surface area (Å²) in [4.78, 5) is 74.3. The lowest BCUT2D eigenvalue weighted by molar-refractivity contribution is -0.144. The van der Waals surface area contributed by atoms with Gasteiger partial charge in [-0.1, -0.05) is 0 Å². The molecule has 0 bridgehead atoms. The number of carboxylic acids is 1. The lowest BCUT2D eigenvalue weighted by Gasteiger charge is -2.20. The Hall–Kier alpha value is -3.30. The van der Waals surface area contributed by atoms with Gasteiger partial charge in [0, 0.05) is 20.1 Å². The van der Waals surface area contributed by atoms with Crippen LogP contribution in [0.4, 0.5) is 0 Å². The normalized spacial score (nSPS) is 13.1. The molecule has 0 heterocycles. The summed E-state index contributed by atoms with van der Waals surface area (Å²) in [6.45, 7) is 3.12. The van der Waals surface area contributed by atoms with E-state index in [-0.39, 0.29) is 25.6 Å². The number of nitrogens with one attached hydrogen (secondary N) is 6. The van der Waals surface area contributed by atoms with Crippen molar-refractivity contribution < 1.29 is 43.4 Å². The topological polar surface area (TPSA) is 213 Å². The number of hydroxylamine groups is 1. The van der Waals surface area contributed by atoms with Crippen LogP contribution in [0.5, 0.6) is 0 Å².